The third-order valence-electron chi connectivity index (χ3n) is 5.94. The minimum atomic E-state index is -3.68. The van der Waals surface area contributed by atoms with Crippen LogP contribution in [0.15, 0.2) is 12.1 Å². The van der Waals surface area contributed by atoms with Crippen LogP contribution in [0.5, 0.6) is 0 Å². The van der Waals surface area contributed by atoms with Crippen LogP contribution in [0.2, 0.25) is 0 Å². The molecule has 2 saturated carbocycles. The highest BCUT2D eigenvalue weighted by molar-refractivity contribution is 6.27. The fraction of sp³-hybridized carbons (Fsp3) is 0.476. The van der Waals surface area contributed by atoms with Crippen molar-refractivity contribution >= 4 is 28.4 Å². The first kappa shape index (κ1) is 20.6. The number of carbonyl (C=O) groups is 3. The average Bonchev–Trinajstić information content (AvgIpc) is 3.14. The van der Waals surface area contributed by atoms with E-state index in [1.807, 2.05) is 0 Å². The van der Waals surface area contributed by atoms with Crippen LogP contribution in [0.4, 0.5) is 13.2 Å². The normalized spacial score (nSPS) is 24.0. The molecule has 2 aromatic rings. The molecule has 6 nitrogen and oxygen atoms in total. The van der Waals surface area contributed by atoms with Gasteiger partial charge in [-0.15, -0.1) is 0 Å². The highest BCUT2D eigenvalue weighted by Crippen LogP contribution is 2.42. The van der Waals surface area contributed by atoms with Crippen molar-refractivity contribution in [1.29, 1.82) is 0 Å². The molecule has 0 saturated heterocycles. The first-order valence-corrected chi connectivity index (χ1v) is 9.61. The summed E-state index contributed by atoms with van der Waals surface area (Å²) in [4.78, 5) is 46.4. The number of carbonyl (C=O) groups excluding carboxylic acids is 3. The fourth-order valence-corrected chi connectivity index (χ4v) is 4.41. The standard InChI is InChI=1S/C21H19F3N2O4/c1-9-14(22)7-12-6-13(19(26-20(12)25-9)21(23,24)8-30-2)18(29)15-16(27)10-3-4-11(5-10)17(15)28/h6-7,10-11,15H,3-5,8H2,1-2H3. The molecule has 2 aliphatic carbocycles. The van der Waals surface area contributed by atoms with Crippen LogP contribution >= 0.6 is 0 Å². The minimum Gasteiger partial charge on any atom is -0.378 e. The number of hydrogen-bond acceptors (Lipinski definition) is 6. The molecule has 2 aromatic heterocycles. The maximum atomic E-state index is 14.8. The lowest BCUT2D eigenvalue weighted by molar-refractivity contribution is -0.137. The van der Waals surface area contributed by atoms with Crippen molar-refractivity contribution in [2.24, 2.45) is 17.8 Å². The predicted octanol–water partition coefficient (Wildman–Crippen LogP) is 3.18. The van der Waals surface area contributed by atoms with Crippen LogP contribution in [-0.2, 0) is 20.2 Å². The monoisotopic (exact) mass is 420 g/mol. The Morgan fingerprint density at radius 2 is 1.80 bits per heavy atom. The lowest BCUT2D eigenvalue weighted by atomic mass is 9.75. The quantitative estimate of drug-likeness (QED) is 0.546. The highest BCUT2D eigenvalue weighted by Gasteiger charge is 2.51. The van der Waals surface area contributed by atoms with E-state index in [0.29, 0.717) is 19.3 Å². The topological polar surface area (TPSA) is 86.2 Å². The maximum absolute atomic E-state index is 14.8. The highest BCUT2D eigenvalue weighted by atomic mass is 19.3. The van der Waals surface area contributed by atoms with E-state index < -0.39 is 64.7 Å². The van der Waals surface area contributed by atoms with Gasteiger partial charge in [0.1, 0.15) is 24.0 Å². The first-order chi connectivity index (χ1) is 14.1. The number of alkyl halides is 2. The lowest BCUT2D eigenvalue weighted by Crippen LogP contribution is -2.42. The summed E-state index contributed by atoms with van der Waals surface area (Å²) in [6.45, 7) is 0.293. The summed E-state index contributed by atoms with van der Waals surface area (Å²) in [6, 6.07) is 2.07. The molecule has 0 N–H and O–H groups in total. The molecule has 2 bridgehead atoms. The molecule has 0 aliphatic heterocycles. The summed E-state index contributed by atoms with van der Waals surface area (Å²) in [7, 11) is 1.07. The lowest BCUT2D eigenvalue weighted by Gasteiger charge is -2.26. The average molecular weight is 420 g/mol. The van der Waals surface area contributed by atoms with Crippen LogP contribution in [0.25, 0.3) is 11.0 Å². The summed E-state index contributed by atoms with van der Waals surface area (Å²) in [5, 5.41) is 0.0251. The number of aromatic nitrogens is 2. The molecule has 30 heavy (non-hydrogen) atoms. The molecule has 9 heteroatoms. The molecule has 2 aliphatic rings. The smallest absolute Gasteiger partial charge is 0.313 e. The van der Waals surface area contributed by atoms with Gasteiger partial charge in [0.15, 0.2) is 23.0 Å². The van der Waals surface area contributed by atoms with E-state index in [1.165, 1.54) is 6.92 Å². The van der Waals surface area contributed by atoms with Crippen molar-refractivity contribution in [3.05, 3.63) is 34.9 Å². The molecule has 4 rings (SSSR count). The van der Waals surface area contributed by atoms with Gasteiger partial charge in [-0.1, -0.05) is 0 Å². The van der Waals surface area contributed by atoms with E-state index in [4.69, 9.17) is 0 Å². The van der Waals surface area contributed by atoms with Crippen molar-refractivity contribution in [3.8, 4) is 0 Å². The van der Waals surface area contributed by atoms with Gasteiger partial charge < -0.3 is 4.74 Å². The molecule has 2 heterocycles. The minimum absolute atomic E-state index is 0.0251. The number of ether oxygens (including phenoxy) is 1. The Balaban J connectivity index is 1.89. The largest absolute Gasteiger partial charge is 0.378 e. The summed E-state index contributed by atoms with van der Waals surface area (Å²) in [6.07, 6.45) is 1.42. The van der Waals surface area contributed by atoms with E-state index in [1.54, 1.807) is 0 Å². The van der Waals surface area contributed by atoms with Gasteiger partial charge in [0.2, 0.25) is 0 Å². The molecule has 158 valence electrons. The fourth-order valence-electron chi connectivity index (χ4n) is 4.41. The number of rotatable bonds is 5. The summed E-state index contributed by atoms with van der Waals surface area (Å²) >= 11 is 0. The van der Waals surface area contributed by atoms with Crippen molar-refractivity contribution < 1.29 is 32.3 Å². The zero-order valence-corrected chi connectivity index (χ0v) is 16.4. The van der Waals surface area contributed by atoms with Gasteiger partial charge in [0.05, 0.1) is 5.69 Å². The summed E-state index contributed by atoms with van der Waals surface area (Å²) in [5.41, 5.74) is -1.72. The van der Waals surface area contributed by atoms with Crippen LogP contribution in [0.1, 0.15) is 41.0 Å². The molecule has 0 aromatic carbocycles. The molecular weight excluding hydrogens is 401 g/mol. The third-order valence-corrected chi connectivity index (χ3v) is 5.94. The predicted molar refractivity (Wildman–Crippen MR) is 98.7 cm³/mol. The molecule has 2 fully saturated rings. The Morgan fingerprint density at radius 3 is 2.40 bits per heavy atom. The molecule has 2 unspecified atom stereocenters. The Morgan fingerprint density at radius 1 is 1.17 bits per heavy atom. The van der Waals surface area contributed by atoms with Crippen LogP contribution in [0, 0.1) is 30.5 Å². The summed E-state index contributed by atoms with van der Waals surface area (Å²) in [5.74, 6) is -8.93. The van der Waals surface area contributed by atoms with E-state index in [-0.39, 0.29) is 16.7 Å². The molecule has 0 spiro atoms. The number of nitrogens with zero attached hydrogens (tertiary/aromatic N) is 2. The Kier molecular flexibility index (Phi) is 4.96. The van der Waals surface area contributed by atoms with E-state index >= 15 is 0 Å². The second kappa shape index (κ2) is 7.23. The maximum Gasteiger partial charge on any atom is 0.313 e. The van der Waals surface area contributed by atoms with Crippen LogP contribution in [-0.4, -0.2) is 41.0 Å². The van der Waals surface area contributed by atoms with Gasteiger partial charge in [-0.05, 0) is 38.3 Å². The SMILES string of the molecule is COCC(F)(F)c1nc2nc(C)c(F)cc2cc1C(=O)C1C(=O)C2CCC(C2)C1=O. The van der Waals surface area contributed by atoms with Gasteiger partial charge in [0, 0.05) is 29.9 Å². The van der Waals surface area contributed by atoms with Gasteiger partial charge in [-0.25, -0.2) is 14.4 Å². The number of methoxy groups -OCH3 is 1. The number of halogens is 3. The van der Waals surface area contributed by atoms with Gasteiger partial charge >= 0.3 is 5.92 Å². The van der Waals surface area contributed by atoms with Crippen LogP contribution in [0.3, 0.4) is 0 Å². The van der Waals surface area contributed by atoms with Gasteiger partial charge in [-0.3, -0.25) is 14.4 Å². The van der Waals surface area contributed by atoms with E-state index in [0.717, 1.165) is 19.2 Å². The Bertz CT molecular complexity index is 1060. The Labute approximate surface area is 169 Å². The van der Waals surface area contributed by atoms with Gasteiger partial charge in [0.25, 0.3) is 0 Å². The van der Waals surface area contributed by atoms with Crippen LogP contribution < -0.4 is 0 Å². The molecule has 2 atom stereocenters. The third kappa shape index (κ3) is 3.21. The van der Waals surface area contributed by atoms with Crippen molar-refractivity contribution in [1.82, 2.24) is 9.97 Å². The second-order valence-corrected chi connectivity index (χ2v) is 7.93. The molecular formula is C21H19F3N2O4. The van der Waals surface area contributed by atoms with E-state index in [9.17, 15) is 27.6 Å². The van der Waals surface area contributed by atoms with Gasteiger partial charge in [-0.2, -0.15) is 8.78 Å². The zero-order chi connectivity index (χ0) is 21.8. The number of hydrogen-bond donors (Lipinski definition) is 0. The number of fused-ring (bicyclic) bond motifs is 3. The van der Waals surface area contributed by atoms with Crippen molar-refractivity contribution in [2.75, 3.05) is 13.7 Å². The first-order valence-electron chi connectivity index (χ1n) is 9.61. The number of ketones is 3. The Hall–Kier alpha value is -2.68. The van der Waals surface area contributed by atoms with Crippen molar-refractivity contribution in [3.63, 3.8) is 0 Å². The summed E-state index contributed by atoms with van der Waals surface area (Å²) < 4.78 is 48.1. The van der Waals surface area contributed by atoms with E-state index in [2.05, 4.69) is 14.7 Å². The van der Waals surface area contributed by atoms with Crippen molar-refractivity contribution in [2.45, 2.75) is 32.1 Å². The molecule has 0 radical (unpaired) electrons. The number of aryl methyl sites for hydroxylation is 1. The molecule has 0 amide bonds. The second-order valence-electron chi connectivity index (χ2n) is 7.93. The number of Topliss-reactive ketones (excluding diaryl/α,β-unsaturated/α-hetero) is 3. The number of pyridine rings is 2. The zero-order valence-electron chi connectivity index (χ0n) is 16.4.